The zero-order chi connectivity index (χ0) is 12.4. The van der Waals surface area contributed by atoms with Crippen LogP contribution in [0.3, 0.4) is 0 Å². The molecule has 2 aliphatic rings. The Hall–Kier alpha value is -0.0800. The van der Waals surface area contributed by atoms with E-state index >= 15 is 0 Å². The van der Waals surface area contributed by atoms with Crippen molar-refractivity contribution < 1.29 is 4.74 Å². The second-order valence-corrected chi connectivity index (χ2v) is 6.77. The lowest BCUT2D eigenvalue weighted by molar-refractivity contribution is -0.0487. The Balaban J connectivity index is 1.79. The van der Waals surface area contributed by atoms with Gasteiger partial charge in [0.05, 0.1) is 11.7 Å². The average molecular weight is 239 g/mol. The predicted molar refractivity (Wildman–Crippen MR) is 72.2 cm³/mol. The molecule has 0 amide bonds. The lowest BCUT2D eigenvalue weighted by Gasteiger charge is -2.44. The summed E-state index contributed by atoms with van der Waals surface area (Å²) < 4.78 is 6.16. The smallest absolute Gasteiger partial charge is 0.0631 e. The maximum absolute atomic E-state index is 6.16. The van der Waals surface area contributed by atoms with Crippen LogP contribution < -0.4 is 5.32 Å². The lowest BCUT2D eigenvalue weighted by Crippen LogP contribution is -2.42. The van der Waals surface area contributed by atoms with E-state index in [1.807, 2.05) is 0 Å². The van der Waals surface area contributed by atoms with Crippen LogP contribution >= 0.6 is 0 Å². The summed E-state index contributed by atoms with van der Waals surface area (Å²) in [4.78, 5) is 0. The largest absolute Gasteiger partial charge is 0.372 e. The SMILES string of the molecule is CCCNCC1(CC2CCC(C)(C)O2)CCC1. The van der Waals surface area contributed by atoms with Gasteiger partial charge in [-0.15, -0.1) is 0 Å². The molecule has 0 aromatic rings. The van der Waals surface area contributed by atoms with Gasteiger partial charge in [-0.1, -0.05) is 13.3 Å². The highest BCUT2D eigenvalue weighted by molar-refractivity contribution is 4.94. The third-order valence-corrected chi connectivity index (χ3v) is 4.56. The number of hydrogen-bond donors (Lipinski definition) is 1. The summed E-state index contributed by atoms with van der Waals surface area (Å²) >= 11 is 0. The van der Waals surface area contributed by atoms with E-state index in [4.69, 9.17) is 4.74 Å². The fourth-order valence-corrected chi connectivity index (χ4v) is 3.36. The molecule has 2 fully saturated rings. The summed E-state index contributed by atoms with van der Waals surface area (Å²) in [5.41, 5.74) is 0.701. The van der Waals surface area contributed by atoms with Crippen LogP contribution in [-0.2, 0) is 4.74 Å². The summed E-state index contributed by atoms with van der Waals surface area (Å²) in [6, 6.07) is 0. The van der Waals surface area contributed by atoms with Gasteiger partial charge in [-0.25, -0.2) is 0 Å². The van der Waals surface area contributed by atoms with Gasteiger partial charge in [0.1, 0.15) is 0 Å². The molecule has 0 aromatic heterocycles. The minimum atomic E-state index is 0.131. The zero-order valence-corrected chi connectivity index (χ0v) is 11.8. The van der Waals surface area contributed by atoms with Gasteiger partial charge >= 0.3 is 0 Å². The maximum Gasteiger partial charge on any atom is 0.0631 e. The Morgan fingerprint density at radius 2 is 2.00 bits per heavy atom. The van der Waals surface area contributed by atoms with E-state index in [9.17, 15) is 0 Å². The van der Waals surface area contributed by atoms with Crippen LogP contribution in [0.2, 0.25) is 0 Å². The molecule has 1 heterocycles. The van der Waals surface area contributed by atoms with Crippen LogP contribution in [0.4, 0.5) is 0 Å². The summed E-state index contributed by atoms with van der Waals surface area (Å²) in [5, 5.41) is 3.62. The summed E-state index contributed by atoms with van der Waals surface area (Å²) in [6.45, 7) is 9.08. The number of ether oxygens (including phenoxy) is 1. The monoisotopic (exact) mass is 239 g/mol. The van der Waals surface area contributed by atoms with Crippen LogP contribution in [-0.4, -0.2) is 24.8 Å². The lowest BCUT2D eigenvalue weighted by atomic mass is 9.65. The number of rotatable bonds is 6. The normalized spacial score (nSPS) is 30.2. The van der Waals surface area contributed by atoms with Gasteiger partial charge in [0.25, 0.3) is 0 Å². The molecular weight excluding hydrogens is 210 g/mol. The number of nitrogens with one attached hydrogen (secondary N) is 1. The van der Waals surface area contributed by atoms with Gasteiger partial charge in [-0.3, -0.25) is 0 Å². The summed E-state index contributed by atoms with van der Waals surface area (Å²) in [7, 11) is 0. The fourth-order valence-electron chi connectivity index (χ4n) is 3.36. The van der Waals surface area contributed by atoms with Gasteiger partial charge in [0.2, 0.25) is 0 Å². The second kappa shape index (κ2) is 5.27. The molecule has 1 unspecified atom stereocenters. The second-order valence-electron chi connectivity index (χ2n) is 6.77. The van der Waals surface area contributed by atoms with Crippen LogP contribution in [0.15, 0.2) is 0 Å². The van der Waals surface area contributed by atoms with Crippen LogP contribution in [0.5, 0.6) is 0 Å². The van der Waals surface area contributed by atoms with Gasteiger partial charge in [0.15, 0.2) is 0 Å². The van der Waals surface area contributed by atoms with Crippen molar-refractivity contribution in [1.82, 2.24) is 5.32 Å². The van der Waals surface area contributed by atoms with E-state index < -0.39 is 0 Å². The van der Waals surface area contributed by atoms with E-state index in [0.717, 1.165) is 0 Å². The molecule has 1 aliphatic carbocycles. The zero-order valence-electron chi connectivity index (χ0n) is 11.8. The molecule has 1 N–H and O–H groups in total. The molecule has 17 heavy (non-hydrogen) atoms. The van der Waals surface area contributed by atoms with Crippen molar-refractivity contribution in [2.24, 2.45) is 5.41 Å². The Morgan fingerprint density at radius 1 is 1.24 bits per heavy atom. The van der Waals surface area contributed by atoms with Gasteiger partial charge in [0, 0.05) is 6.54 Å². The standard InChI is InChI=1S/C15H29NO/c1-4-10-16-12-15(7-5-8-15)11-13-6-9-14(2,3)17-13/h13,16H,4-12H2,1-3H3. The summed E-state index contributed by atoms with van der Waals surface area (Å²) in [6.07, 6.45) is 9.78. The molecule has 0 aromatic carbocycles. The highest BCUT2D eigenvalue weighted by atomic mass is 16.5. The Kier molecular flexibility index (Phi) is 4.14. The molecular formula is C15H29NO. The maximum atomic E-state index is 6.16. The first-order chi connectivity index (χ1) is 8.05. The molecule has 1 aliphatic heterocycles. The molecule has 0 radical (unpaired) electrons. The predicted octanol–water partition coefficient (Wildman–Crippen LogP) is 3.50. The molecule has 1 saturated heterocycles. The van der Waals surface area contributed by atoms with Crippen molar-refractivity contribution in [2.45, 2.75) is 77.4 Å². The van der Waals surface area contributed by atoms with Gasteiger partial charge < -0.3 is 10.1 Å². The third kappa shape index (κ3) is 3.45. The Bertz CT molecular complexity index is 245. The minimum absolute atomic E-state index is 0.131. The van der Waals surface area contributed by atoms with Crippen molar-refractivity contribution in [1.29, 1.82) is 0 Å². The van der Waals surface area contributed by atoms with Crippen molar-refractivity contribution in [3.63, 3.8) is 0 Å². The highest BCUT2D eigenvalue weighted by Gasteiger charge is 2.42. The topological polar surface area (TPSA) is 21.3 Å². The van der Waals surface area contributed by atoms with Crippen molar-refractivity contribution >= 4 is 0 Å². The van der Waals surface area contributed by atoms with E-state index in [1.54, 1.807) is 0 Å². The first-order valence-electron chi connectivity index (χ1n) is 7.44. The Morgan fingerprint density at radius 3 is 2.47 bits per heavy atom. The van der Waals surface area contributed by atoms with Crippen LogP contribution in [0.1, 0.15) is 65.7 Å². The fraction of sp³-hybridized carbons (Fsp3) is 1.00. The quantitative estimate of drug-likeness (QED) is 0.716. The minimum Gasteiger partial charge on any atom is -0.372 e. The molecule has 0 bridgehead atoms. The van der Waals surface area contributed by atoms with Crippen molar-refractivity contribution in [3.8, 4) is 0 Å². The van der Waals surface area contributed by atoms with Crippen molar-refractivity contribution in [2.75, 3.05) is 13.1 Å². The Labute approximate surface area is 107 Å². The number of hydrogen-bond acceptors (Lipinski definition) is 2. The van der Waals surface area contributed by atoms with Crippen LogP contribution in [0.25, 0.3) is 0 Å². The van der Waals surface area contributed by atoms with E-state index in [1.165, 1.54) is 58.0 Å². The molecule has 100 valence electrons. The molecule has 1 atom stereocenters. The molecule has 0 spiro atoms. The van der Waals surface area contributed by atoms with Crippen LogP contribution in [0, 0.1) is 5.41 Å². The summed E-state index contributed by atoms with van der Waals surface area (Å²) in [5.74, 6) is 0. The molecule has 2 nitrogen and oxygen atoms in total. The average Bonchev–Trinajstić information content (AvgIpc) is 2.54. The highest BCUT2D eigenvalue weighted by Crippen LogP contribution is 2.47. The van der Waals surface area contributed by atoms with E-state index in [2.05, 4.69) is 26.1 Å². The first-order valence-corrected chi connectivity index (χ1v) is 7.44. The van der Waals surface area contributed by atoms with E-state index in [-0.39, 0.29) is 5.60 Å². The van der Waals surface area contributed by atoms with E-state index in [0.29, 0.717) is 11.5 Å². The van der Waals surface area contributed by atoms with Gasteiger partial charge in [-0.2, -0.15) is 0 Å². The van der Waals surface area contributed by atoms with Crippen molar-refractivity contribution in [3.05, 3.63) is 0 Å². The molecule has 2 heteroatoms. The third-order valence-electron chi connectivity index (χ3n) is 4.56. The first kappa shape index (κ1) is 13.4. The molecule has 1 saturated carbocycles. The van der Waals surface area contributed by atoms with Gasteiger partial charge in [-0.05, 0) is 64.3 Å². The molecule has 2 rings (SSSR count).